The van der Waals surface area contributed by atoms with Gasteiger partial charge in [-0.25, -0.2) is 18.7 Å². The van der Waals surface area contributed by atoms with Gasteiger partial charge in [0.2, 0.25) is 0 Å². The molecule has 0 radical (unpaired) electrons. The molecule has 3 aromatic rings. The molecular weight excluding hydrogens is 418 g/mol. The lowest BCUT2D eigenvalue weighted by atomic mass is 10.1. The number of rotatable bonds is 10. The molecule has 0 spiro atoms. The first-order chi connectivity index (χ1) is 14.7. The van der Waals surface area contributed by atoms with E-state index in [1.807, 2.05) is 0 Å². The van der Waals surface area contributed by atoms with Gasteiger partial charge >= 0.3 is 0 Å². The van der Waals surface area contributed by atoms with Crippen molar-refractivity contribution >= 4 is 11.4 Å². The van der Waals surface area contributed by atoms with Crippen LogP contribution in [-0.2, 0) is 17.1 Å². The zero-order valence-electron chi connectivity index (χ0n) is 16.9. The van der Waals surface area contributed by atoms with Crippen LogP contribution in [0, 0.1) is 0 Å². The Morgan fingerprint density at radius 2 is 2.00 bits per heavy atom. The van der Waals surface area contributed by atoms with Gasteiger partial charge in [0.25, 0.3) is 12.3 Å². The number of fused-ring (bicyclic) bond motifs is 1. The highest BCUT2D eigenvalue weighted by Gasteiger charge is 2.34. The highest BCUT2D eigenvalue weighted by molar-refractivity contribution is 5.96. The number of hydrogen-bond acceptors (Lipinski definition) is 5. The first-order valence-corrected chi connectivity index (χ1v) is 9.55. The summed E-state index contributed by atoms with van der Waals surface area (Å²) in [4.78, 5) is 20.3. The third-order valence-electron chi connectivity index (χ3n) is 4.56. The summed E-state index contributed by atoms with van der Waals surface area (Å²) in [5.41, 5.74) is -0.416. The molecule has 0 fully saturated rings. The van der Waals surface area contributed by atoms with Crippen LogP contribution in [0.4, 0.5) is 17.6 Å². The third kappa shape index (κ3) is 5.19. The molecule has 0 unspecified atom stereocenters. The number of pyridine rings is 2. The number of aromatic nitrogens is 3. The Balaban J connectivity index is 1.94. The monoisotopic (exact) mass is 439 g/mol. The fourth-order valence-electron chi connectivity index (χ4n) is 3.01. The Kier molecular flexibility index (Phi) is 6.89. The van der Waals surface area contributed by atoms with Crippen LogP contribution in [0.3, 0.4) is 0 Å². The summed E-state index contributed by atoms with van der Waals surface area (Å²) in [6, 6.07) is 5.28. The molecule has 10 heteroatoms. The van der Waals surface area contributed by atoms with Crippen molar-refractivity contribution in [3.05, 3.63) is 59.3 Å². The number of carbonyl (C=O) groups is 1. The second-order valence-electron chi connectivity index (χ2n) is 6.78. The van der Waals surface area contributed by atoms with Crippen LogP contribution in [-0.4, -0.2) is 40.5 Å². The second-order valence-corrected chi connectivity index (χ2v) is 6.78. The summed E-state index contributed by atoms with van der Waals surface area (Å²) in [6.45, 7) is 1.88. The zero-order chi connectivity index (χ0) is 22.6. The number of methoxy groups -OCH3 is 1. The van der Waals surface area contributed by atoms with Gasteiger partial charge < -0.3 is 13.9 Å². The largest absolute Gasteiger partial charge is 0.493 e. The van der Waals surface area contributed by atoms with Gasteiger partial charge in [0.05, 0.1) is 13.2 Å². The van der Waals surface area contributed by atoms with E-state index in [1.165, 1.54) is 42.1 Å². The summed E-state index contributed by atoms with van der Waals surface area (Å²) in [6.07, 6.45) is -0.878. The third-order valence-corrected chi connectivity index (χ3v) is 4.56. The molecule has 0 aromatic carbocycles. The summed E-state index contributed by atoms with van der Waals surface area (Å²) < 4.78 is 66.1. The molecule has 0 amide bonds. The number of alkyl halides is 4. The van der Waals surface area contributed by atoms with Crippen LogP contribution < -0.4 is 4.74 Å². The lowest BCUT2D eigenvalue weighted by Gasteiger charge is -2.12. The quantitative estimate of drug-likeness (QED) is 0.341. The smallest absolute Gasteiger partial charge is 0.293 e. The minimum absolute atomic E-state index is 0.113. The molecule has 0 saturated carbocycles. The summed E-state index contributed by atoms with van der Waals surface area (Å²) in [5.74, 6) is -3.40. The highest BCUT2D eigenvalue weighted by Crippen LogP contribution is 2.32. The molecule has 0 aliphatic carbocycles. The van der Waals surface area contributed by atoms with E-state index in [0.717, 1.165) is 6.07 Å². The van der Waals surface area contributed by atoms with Gasteiger partial charge in [0.1, 0.15) is 28.5 Å². The normalized spacial score (nSPS) is 12.0. The van der Waals surface area contributed by atoms with E-state index in [-0.39, 0.29) is 31.0 Å². The molecule has 0 aliphatic rings. The Hall–Kier alpha value is -3.01. The molecule has 0 aliphatic heterocycles. The van der Waals surface area contributed by atoms with Gasteiger partial charge in [-0.1, -0.05) is 6.07 Å². The minimum atomic E-state index is -3.19. The molecule has 3 rings (SSSR count). The van der Waals surface area contributed by atoms with Gasteiger partial charge in [0.15, 0.2) is 5.78 Å². The van der Waals surface area contributed by atoms with Crippen LogP contribution in [0.5, 0.6) is 5.75 Å². The average molecular weight is 439 g/mol. The molecule has 6 nitrogen and oxygen atoms in total. The Morgan fingerprint density at radius 3 is 2.68 bits per heavy atom. The van der Waals surface area contributed by atoms with Crippen molar-refractivity contribution in [3.8, 4) is 5.75 Å². The predicted molar refractivity (Wildman–Crippen MR) is 104 cm³/mol. The fraction of sp³-hybridized carbons (Fsp3) is 0.381. The van der Waals surface area contributed by atoms with Crippen molar-refractivity contribution < 1.29 is 31.8 Å². The van der Waals surface area contributed by atoms with Crippen molar-refractivity contribution in [2.45, 2.75) is 32.1 Å². The molecular formula is C21H21F4N3O3. The first kappa shape index (κ1) is 22.7. The number of Topliss-reactive ketones (excluding diaryl/α,β-unsaturated/α-hetero) is 1. The van der Waals surface area contributed by atoms with Crippen molar-refractivity contribution in [3.63, 3.8) is 0 Å². The lowest BCUT2D eigenvalue weighted by Crippen LogP contribution is -2.16. The summed E-state index contributed by atoms with van der Waals surface area (Å²) in [7, 11) is 1.34. The first-order valence-electron chi connectivity index (χ1n) is 9.55. The summed E-state index contributed by atoms with van der Waals surface area (Å²) in [5, 5.41) is 0. The molecule has 0 N–H and O–H groups in total. The van der Waals surface area contributed by atoms with E-state index in [9.17, 15) is 22.4 Å². The standard InChI is InChI=1S/C21H21F4N3O3/c1-3-31-17-10-19-27-18(21(24,25)7-8-30-2)12-28(19)11-13(17)9-16(29)14-5-4-6-15(26-14)20(22)23/h4-6,10-12,20H,3,7-9H2,1-2H3. The highest BCUT2D eigenvalue weighted by atomic mass is 19.3. The fourth-order valence-corrected chi connectivity index (χ4v) is 3.01. The van der Waals surface area contributed by atoms with E-state index in [2.05, 4.69) is 9.97 Å². The predicted octanol–water partition coefficient (Wildman–Crippen LogP) is 4.62. The van der Waals surface area contributed by atoms with Gasteiger partial charge in [0, 0.05) is 44.0 Å². The molecule has 0 bridgehead atoms. The van der Waals surface area contributed by atoms with Crippen LogP contribution in [0.1, 0.15) is 47.2 Å². The van der Waals surface area contributed by atoms with E-state index in [0.29, 0.717) is 11.3 Å². The van der Waals surface area contributed by atoms with E-state index < -0.39 is 35.9 Å². The number of halogens is 4. The van der Waals surface area contributed by atoms with Crippen molar-refractivity contribution in [2.24, 2.45) is 0 Å². The van der Waals surface area contributed by atoms with Crippen molar-refractivity contribution in [2.75, 3.05) is 20.3 Å². The van der Waals surface area contributed by atoms with E-state index in [4.69, 9.17) is 9.47 Å². The van der Waals surface area contributed by atoms with Gasteiger partial charge in [-0.15, -0.1) is 0 Å². The minimum Gasteiger partial charge on any atom is -0.493 e. The molecule has 0 saturated heterocycles. The number of carbonyl (C=O) groups excluding carboxylic acids is 1. The summed E-state index contributed by atoms with van der Waals surface area (Å²) >= 11 is 0. The molecule has 31 heavy (non-hydrogen) atoms. The van der Waals surface area contributed by atoms with Crippen LogP contribution in [0.25, 0.3) is 5.65 Å². The topological polar surface area (TPSA) is 65.7 Å². The number of ketones is 1. The van der Waals surface area contributed by atoms with Gasteiger partial charge in [-0.2, -0.15) is 8.78 Å². The van der Waals surface area contributed by atoms with E-state index >= 15 is 0 Å². The molecule has 3 heterocycles. The number of nitrogens with zero attached hydrogens (tertiary/aromatic N) is 3. The number of ether oxygens (including phenoxy) is 2. The van der Waals surface area contributed by atoms with Crippen molar-refractivity contribution in [1.82, 2.24) is 14.4 Å². The molecule has 0 atom stereocenters. The zero-order valence-corrected chi connectivity index (χ0v) is 16.9. The van der Waals surface area contributed by atoms with Gasteiger partial charge in [-0.3, -0.25) is 4.79 Å². The number of hydrogen-bond donors (Lipinski definition) is 0. The van der Waals surface area contributed by atoms with Gasteiger partial charge in [-0.05, 0) is 19.1 Å². The Labute approximate surface area is 175 Å². The maximum absolute atomic E-state index is 14.4. The molecule has 166 valence electrons. The Bertz CT molecular complexity index is 1070. The van der Waals surface area contributed by atoms with E-state index in [1.54, 1.807) is 6.92 Å². The second kappa shape index (κ2) is 9.42. The van der Waals surface area contributed by atoms with Crippen molar-refractivity contribution in [1.29, 1.82) is 0 Å². The maximum atomic E-state index is 14.4. The Morgan fingerprint density at radius 1 is 1.23 bits per heavy atom. The molecule has 3 aromatic heterocycles. The van der Waals surface area contributed by atoms with Crippen LogP contribution in [0.2, 0.25) is 0 Å². The van der Waals surface area contributed by atoms with Crippen LogP contribution in [0.15, 0.2) is 36.7 Å². The number of imidazole rings is 1. The SMILES string of the molecule is CCOc1cc2nc(C(F)(F)CCOC)cn2cc1CC(=O)c1cccc(C(F)F)n1. The van der Waals surface area contributed by atoms with Crippen LogP contribution >= 0.6 is 0 Å². The lowest BCUT2D eigenvalue weighted by molar-refractivity contribution is -0.0360. The maximum Gasteiger partial charge on any atom is 0.293 e. The average Bonchev–Trinajstić information content (AvgIpc) is 3.16.